The zero-order valence-electron chi connectivity index (χ0n) is 10.0. The van der Waals surface area contributed by atoms with Crippen LogP contribution in [-0.2, 0) is 19.9 Å². The van der Waals surface area contributed by atoms with E-state index in [1.54, 1.807) is 0 Å². The lowest BCUT2D eigenvalue weighted by Gasteiger charge is -2.06. The molecule has 0 amide bonds. The average molecular weight is 329 g/mol. The monoisotopic (exact) mass is 328 g/mol. The highest BCUT2D eigenvalue weighted by Gasteiger charge is 2.15. The summed E-state index contributed by atoms with van der Waals surface area (Å²) in [5.41, 5.74) is -0.585. The van der Waals surface area contributed by atoms with Crippen molar-refractivity contribution in [2.24, 2.45) is 0 Å². The van der Waals surface area contributed by atoms with Crippen LogP contribution in [-0.4, -0.2) is 40.4 Å². The number of hydrogen-bond acceptors (Lipinski definition) is 5. The summed E-state index contributed by atoms with van der Waals surface area (Å²) in [6, 6.07) is 1.03. The summed E-state index contributed by atoms with van der Waals surface area (Å²) in [4.78, 5) is 13.0. The molecule has 19 heavy (non-hydrogen) atoms. The minimum Gasteiger partial charge on any atom is -0.326 e. The van der Waals surface area contributed by atoms with Crippen LogP contribution in [0.15, 0.2) is 22.0 Å². The predicted molar refractivity (Wildman–Crippen MR) is 71.6 cm³/mol. The Morgan fingerprint density at radius 3 is 2.47 bits per heavy atom. The van der Waals surface area contributed by atoms with Crippen LogP contribution >= 0.6 is 11.6 Å². The third-order valence-corrected chi connectivity index (χ3v) is 4.88. The van der Waals surface area contributed by atoms with E-state index in [4.69, 9.17) is 11.6 Å². The van der Waals surface area contributed by atoms with Crippen LogP contribution in [0.4, 0.5) is 0 Å². The van der Waals surface area contributed by atoms with Crippen molar-refractivity contribution < 1.29 is 16.8 Å². The van der Waals surface area contributed by atoms with Crippen molar-refractivity contribution in [2.45, 2.75) is 11.3 Å². The topological polar surface area (TPSA) is 113 Å². The van der Waals surface area contributed by atoms with Gasteiger partial charge in [-0.15, -0.1) is 0 Å². The molecule has 0 bridgehead atoms. The van der Waals surface area contributed by atoms with Crippen LogP contribution in [0.5, 0.6) is 0 Å². The molecule has 1 aromatic rings. The largest absolute Gasteiger partial charge is 0.326 e. The van der Waals surface area contributed by atoms with Crippen LogP contribution in [0.1, 0.15) is 6.42 Å². The van der Waals surface area contributed by atoms with E-state index < -0.39 is 25.4 Å². The molecule has 0 radical (unpaired) electrons. The summed E-state index contributed by atoms with van der Waals surface area (Å²) in [6.45, 7) is -0.0217. The van der Waals surface area contributed by atoms with Crippen molar-refractivity contribution in [3.8, 4) is 0 Å². The lowest BCUT2D eigenvalue weighted by molar-refractivity contribution is 0.577. The Labute approximate surface area is 116 Å². The number of nitrogens with one attached hydrogen (secondary N) is 2. The van der Waals surface area contributed by atoms with E-state index in [0.29, 0.717) is 0 Å². The molecule has 1 heterocycles. The molecule has 0 saturated carbocycles. The molecule has 0 aliphatic heterocycles. The molecule has 0 spiro atoms. The Bertz CT molecular complexity index is 708. The molecular weight excluding hydrogens is 316 g/mol. The Morgan fingerprint density at radius 2 is 1.95 bits per heavy atom. The average Bonchev–Trinajstić information content (AvgIpc) is 2.27. The highest BCUT2D eigenvalue weighted by atomic mass is 35.5. The van der Waals surface area contributed by atoms with E-state index in [9.17, 15) is 21.6 Å². The minimum atomic E-state index is -3.82. The van der Waals surface area contributed by atoms with E-state index >= 15 is 0 Å². The van der Waals surface area contributed by atoms with Crippen molar-refractivity contribution in [3.05, 3.63) is 27.6 Å². The maximum atomic E-state index is 11.8. The van der Waals surface area contributed by atoms with E-state index in [1.165, 1.54) is 0 Å². The van der Waals surface area contributed by atoms with Gasteiger partial charge in [0.25, 0.3) is 5.56 Å². The van der Waals surface area contributed by atoms with Crippen LogP contribution in [0.2, 0.25) is 5.02 Å². The fraction of sp³-hybridized carbons (Fsp3) is 0.444. The minimum absolute atomic E-state index is 0.0217. The molecule has 0 saturated heterocycles. The Balaban J connectivity index is 2.71. The van der Waals surface area contributed by atoms with Gasteiger partial charge < -0.3 is 4.98 Å². The molecular formula is C9H13ClN2O5S2. The van der Waals surface area contributed by atoms with Gasteiger partial charge in [0.15, 0.2) is 0 Å². The number of aromatic amines is 1. The molecule has 0 unspecified atom stereocenters. The molecule has 0 aromatic carbocycles. The van der Waals surface area contributed by atoms with E-state index in [0.717, 1.165) is 18.5 Å². The Kier molecular flexibility index (Phi) is 5.13. The van der Waals surface area contributed by atoms with E-state index in [2.05, 4.69) is 9.71 Å². The molecule has 0 aliphatic carbocycles. The first-order valence-electron chi connectivity index (χ1n) is 5.17. The van der Waals surface area contributed by atoms with Gasteiger partial charge >= 0.3 is 0 Å². The van der Waals surface area contributed by atoms with Crippen molar-refractivity contribution in [3.63, 3.8) is 0 Å². The summed E-state index contributed by atoms with van der Waals surface area (Å²) in [6.07, 6.45) is 2.26. The number of aromatic nitrogens is 1. The van der Waals surface area contributed by atoms with E-state index in [-0.39, 0.29) is 28.6 Å². The molecule has 0 aliphatic rings. The van der Waals surface area contributed by atoms with Gasteiger partial charge in [-0.3, -0.25) is 4.79 Å². The lowest BCUT2D eigenvalue weighted by Crippen LogP contribution is -2.27. The van der Waals surface area contributed by atoms with Gasteiger partial charge in [0.2, 0.25) is 10.0 Å². The molecule has 2 N–H and O–H groups in total. The van der Waals surface area contributed by atoms with Gasteiger partial charge in [0, 0.05) is 19.0 Å². The van der Waals surface area contributed by atoms with Gasteiger partial charge in [0.1, 0.15) is 14.9 Å². The first-order valence-corrected chi connectivity index (χ1v) is 9.09. The number of rotatable bonds is 6. The number of hydrogen-bond donors (Lipinski definition) is 2. The molecule has 7 nitrogen and oxygen atoms in total. The molecule has 10 heteroatoms. The van der Waals surface area contributed by atoms with Crippen LogP contribution in [0, 0.1) is 0 Å². The zero-order valence-corrected chi connectivity index (χ0v) is 12.4. The van der Waals surface area contributed by atoms with Gasteiger partial charge in [-0.2, -0.15) is 0 Å². The summed E-state index contributed by atoms with van der Waals surface area (Å²) >= 11 is 5.53. The fourth-order valence-corrected chi connectivity index (χ4v) is 3.19. The van der Waals surface area contributed by atoms with Gasteiger partial charge in [-0.05, 0) is 12.5 Å². The zero-order chi connectivity index (χ0) is 14.7. The Morgan fingerprint density at radius 1 is 1.32 bits per heavy atom. The van der Waals surface area contributed by atoms with Gasteiger partial charge in [0.05, 0.1) is 10.6 Å². The first-order chi connectivity index (χ1) is 8.62. The fourth-order valence-electron chi connectivity index (χ4n) is 1.22. The van der Waals surface area contributed by atoms with Crippen molar-refractivity contribution >= 4 is 31.5 Å². The van der Waals surface area contributed by atoms with E-state index in [1.807, 2.05) is 0 Å². The Hall–Kier alpha value is -0.900. The summed E-state index contributed by atoms with van der Waals surface area (Å²) in [5.74, 6) is -0.109. The maximum Gasteiger partial charge on any atom is 0.266 e. The molecule has 0 fully saturated rings. The highest BCUT2D eigenvalue weighted by molar-refractivity contribution is 7.90. The molecule has 1 rings (SSSR count). The number of sulfonamides is 1. The lowest BCUT2D eigenvalue weighted by atomic mass is 10.5. The molecule has 0 atom stereocenters. The van der Waals surface area contributed by atoms with Crippen molar-refractivity contribution in [1.29, 1.82) is 0 Å². The third-order valence-electron chi connectivity index (χ3n) is 2.13. The van der Waals surface area contributed by atoms with Crippen LogP contribution < -0.4 is 10.3 Å². The SMILES string of the molecule is CS(=O)(=O)CCCNS(=O)(=O)c1c[nH]c(=O)c(Cl)c1. The van der Waals surface area contributed by atoms with Gasteiger partial charge in [-0.25, -0.2) is 21.6 Å². The van der Waals surface area contributed by atoms with Crippen LogP contribution in [0.3, 0.4) is 0 Å². The van der Waals surface area contributed by atoms with Gasteiger partial charge in [-0.1, -0.05) is 11.6 Å². The van der Waals surface area contributed by atoms with Crippen molar-refractivity contribution in [1.82, 2.24) is 9.71 Å². The van der Waals surface area contributed by atoms with Crippen molar-refractivity contribution in [2.75, 3.05) is 18.6 Å². The number of pyridine rings is 1. The maximum absolute atomic E-state index is 11.8. The standard InChI is InChI=1S/C9H13ClN2O5S2/c1-18(14,15)4-2-3-12-19(16,17)7-5-8(10)9(13)11-6-7/h5-6,12H,2-4H2,1H3,(H,11,13). The molecule has 1 aromatic heterocycles. The second kappa shape index (κ2) is 6.04. The smallest absolute Gasteiger partial charge is 0.266 e. The normalized spacial score (nSPS) is 12.5. The quantitative estimate of drug-likeness (QED) is 0.698. The third kappa shape index (κ3) is 5.31. The van der Waals surface area contributed by atoms with Crippen LogP contribution in [0.25, 0.3) is 0 Å². The highest BCUT2D eigenvalue weighted by Crippen LogP contribution is 2.10. The first kappa shape index (κ1) is 16.2. The number of halogens is 1. The summed E-state index contributed by atoms with van der Waals surface area (Å²) in [5, 5.41) is -0.237. The number of H-pyrrole nitrogens is 1. The predicted octanol–water partition coefficient (Wildman–Crippen LogP) is -0.259. The summed E-state index contributed by atoms with van der Waals surface area (Å²) in [7, 11) is -6.94. The summed E-state index contributed by atoms with van der Waals surface area (Å²) < 4.78 is 47.5. The number of sulfone groups is 1. The molecule has 108 valence electrons. The second-order valence-corrected chi connectivity index (χ2v) is 8.33. The second-order valence-electron chi connectivity index (χ2n) is 3.89.